The van der Waals surface area contributed by atoms with Crippen LogP contribution in [0.3, 0.4) is 0 Å². The lowest BCUT2D eigenvalue weighted by Crippen LogP contribution is -2.57. The van der Waals surface area contributed by atoms with Crippen molar-refractivity contribution in [1.82, 2.24) is 20.0 Å². The number of nitrogens with zero attached hydrogens (tertiary/aromatic N) is 4. The molecular weight excluding hydrogens is 526 g/mol. The van der Waals surface area contributed by atoms with E-state index in [0.717, 1.165) is 45.0 Å². The second-order valence-corrected chi connectivity index (χ2v) is 9.00. The fraction of sp³-hybridized carbons (Fsp3) is 0.750. The summed E-state index contributed by atoms with van der Waals surface area (Å²) in [6, 6.07) is 2.91. The van der Waals surface area contributed by atoms with Gasteiger partial charge < -0.3 is 10.2 Å². The first kappa shape index (κ1) is 25.7. The van der Waals surface area contributed by atoms with Gasteiger partial charge in [0, 0.05) is 51.2 Å². The Morgan fingerprint density at radius 2 is 1.87 bits per heavy atom. The lowest BCUT2D eigenvalue weighted by molar-refractivity contribution is -0.181. The van der Waals surface area contributed by atoms with Crippen molar-refractivity contribution in [1.29, 1.82) is 0 Å². The Morgan fingerprint density at radius 3 is 2.40 bits per heavy atom. The van der Waals surface area contributed by atoms with E-state index in [2.05, 4.69) is 37.6 Å². The van der Waals surface area contributed by atoms with Crippen molar-refractivity contribution in [2.45, 2.75) is 38.5 Å². The largest absolute Gasteiger partial charge is 0.403 e. The van der Waals surface area contributed by atoms with E-state index in [1.807, 2.05) is 11.3 Å². The minimum absolute atomic E-state index is 0. The fourth-order valence-electron chi connectivity index (χ4n) is 4.07. The topological polar surface area (TPSA) is 34.1 Å². The molecule has 3 rings (SSSR count). The van der Waals surface area contributed by atoms with E-state index in [0.29, 0.717) is 32.1 Å². The number of aliphatic imine (C=N–C) groups is 1. The molecule has 0 radical (unpaired) electrons. The highest BCUT2D eigenvalue weighted by Gasteiger charge is 2.41. The molecule has 2 fully saturated rings. The van der Waals surface area contributed by atoms with Crippen molar-refractivity contribution in [3.8, 4) is 0 Å². The first-order valence-corrected chi connectivity index (χ1v) is 11.3. The van der Waals surface area contributed by atoms with Crippen LogP contribution in [0.5, 0.6) is 0 Å². The Kier molecular flexibility index (Phi) is 10.2. The number of nitrogens with one attached hydrogen (secondary N) is 1. The lowest BCUT2D eigenvalue weighted by Gasteiger charge is -2.40. The summed E-state index contributed by atoms with van der Waals surface area (Å²) in [5.74, 6) is 1.42. The number of alkyl halides is 3. The highest BCUT2D eigenvalue weighted by atomic mass is 127. The maximum Gasteiger partial charge on any atom is 0.403 e. The molecule has 1 atom stereocenters. The average Bonchev–Trinajstić information content (AvgIpc) is 3.22. The van der Waals surface area contributed by atoms with Gasteiger partial charge in [-0.1, -0.05) is 6.07 Å². The molecule has 0 aliphatic carbocycles. The standard InChI is InChI=1S/C20H32F3N5S.HI/c1-16(20(21,22)23)27-9-11-28(12-10-27)19(24-2)25-14-17-5-7-26(8-6-17)15-18-4-3-13-29-18;/h3-4,13,16-17H,5-12,14-15H2,1-2H3,(H,24,25);1H. The van der Waals surface area contributed by atoms with Gasteiger partial charge in [-0.05, 0) is 50.2 Å². The number of hydrogen-bond donors (Lipinski definition) is 1. The third-order valence-electron chi connectivity index (χ3n) is 6.06. The summed E-state index contributed by atoms with van der Waals surface area (Å²) in [7, 11) is 1.75. The first-order chi connectivity index (χ1) is 13.9. The monoisotopic (exact) mass is 559 g/mol. The molecule has 2 aliphatic rings. The van der Waals surface area contributed by atoms with Gasteiger partial charge in [-0.15, -0.1) is 35.3 Å². The number of piperidine rings is 1. The highest BCUT2D eigenvalue weighted by Crippen LogP contribution is 2.25. The fourth-order valence-corrected chi connectivity index (χ4v) is 4.81. The molecule has 5 nitrogen and oxygen atoms in total. The smallest absolute Gasteiger partial charge is 0.356 e. The maximum atomic E-state index is 12.9. The molecule has 0 amide bonds. The average molecular weight is 559 g/mol. The van der Waals surface area contributed by atoms with E-state index >= 15 is 0 Å². The first-order valence-electron chi connectivity index (χ1n) is 10.4. The highest BCUT2D eigenvalue weighted by molar-refractivity contribution is 14.0. The summed E-state index contributed by atoms with van der Waals surface area (Å²) < 4.78 is 38.8. The van der Waals surface area contributed by atoms with Crippen LogP contribution < -0.4 is 5.32 Å². The molecule has 2 aliphatic heterocycles. The quantitative estimate of drug-likeness (QED) is 0.339. The van der Waals surface area contributed by atoms with Crippen molar-refractivity contribution < 1.29 is 13.2 Å². The molecule has 1 aromatic heterocycles. The maximum absolute atomic E-state index is 12.9. The SMILES string of the molecule is CN=C(NCC1CCN(Cc2cccs2)CC1)N1CCN(C(C)C(F)(F)F)CC1.I. The molecule has 2 saturated heterocycles. The zero-order valence-corrected chi connectivity index (χ0v) is 20.8. The molecule has 0 aromatic carbocycles. The van der Waals surface area contributed by atoms with Gasteiger partial charge in [0.15, 0.2) is 5.96 Å². The Balaban J connectivity index is 0.00000320. The summed E-state index contributed by atoms with van der Waals surface area (Å²) in [5, 5.41) is 5.59. The summed E-state index contributed by atoms with van der Waals surface area (Å²) in [5.41, 5.74) is 0. The van der Waals surface area contributed by atoms with Gasteiger partial charge in [0.25, 0.3) is 0 Å². The van der Waals surface area contributed by atoms with Gasteiger partial charge in [-0.3, -0.25) is 14.8 Å². The molecule has 3 heterocycles. The molecular formula is C20H33F3IN5S. The molecule has 172 valence electrons. The van der Waals surface area contributed by atoms with E-state index in [4.69, 9.17) is 0 Å². The van der Waals surface area contributed by atoms with E-state index < -0.39 is 12.2 Å². The van der Waals surface area contributed by atoms with E-state index in [9.17, 15) is 13.2 Å². The number of rotatable bonds is 5. The van der Waals surface area contributed by atoms with Crippen molar-refractivity contribution >= 4 is 41.3 Å². The lowest BCUT2D eigenvalue weighted by atomic mass is 9.97. The van der Waals surface area contributed by atoms with Crippen LogP contribution in [0.1, 0.15) is 24.6 Å². The van der Waals surface area contributed by atoms with Crippen molar-refractivity contribution in [2.75, 3.05) is 52.9 Å². The third kappa shape index (κ3) is 7.23. The predicted molar refractivity (Wildman–Crippen MR) is 128 cm³/mol. The van der Waals surface area contributed by atoms with Crippen molar-refractivity contribution in [3.05, 3.63) is 22.4 Å². The van der Waals surface area contributed by atoms with Crippen LogP contribution in [-0.4, -0.2) is 85.7 Å². The van der Waals surface area contributed by atoms with Crippen LogP contribution in [0.15, 0.2) is 22.5 Å². The number of piperazine rings is 1. The van der Waals surface area contributed by atoms with E-state index in [-0.39, 0.29) is 24.0 Å². The number of halogens is 4. The zero-order chi connectivity index (χ0) is 20.9. The molecule has 1 N–H and O–H groups in total. The summed E-state index contributed by atoms with van der Waals surface area (Å²) in [4.78, 5) is 11.9. The van der Waals surface area contributed by atoms with Crippen LogP contribution in [-0.2, 0) is 6.54 Å². The van der Waals surface area contributed by atoms with Crippen molar-refractivity contribution in [3.63, 3.8) is 0 Å². The molecule has 0 spiro atoms. The number of guanidine groups is 1. The van der Waals surface area contributed by atoms with Gasteiger partial charge >= 0.3 is 6.18 Å². The minimum atomic E-state index is -4.17. The zero-order valence-electron chi connectivity index (χ0n) is 17.7. The predicted octanol–water partition coefficient (Wildman–Crippen LogP) is 3.72. The van der Waals surface area contributed by atoms with Crippen molar-refractivity contribution in [2.24, 2.45) is 10.9 Å². The Hall–Kier alpha value is -0.590. The normalized spacial score (nSPS) is 21.4. The molecule has 0 saturated carbocycles. The van der Waals surface area contributed by atoms with Crippen LogP contribution in [0.2, 0.25) is 0 Å². The van der Waals surface area contributed by atoms with Crippen LogP contribution in [0.4, 0.5) is 13.2 Å². The molecule has 1 aromatic rings. The minimum Gasteiger partial charge on any atom is -0.356 e. The third-order valence-corrected chi connectivity index (χ3v) is 6.92. The van der Waals surface area contributed by atoms with Crippen LogP contribution in [0, 0.1) is 5.92 Å². The summed E-state index contributed by atoms with van der Waals surface area (Å²) >= 11 is 1.81. The van der Waals surface area contributed by atoms with E-state index in [1.165, 1.54) is 16.7 Å². The molecule has 30 heavy (non-hydrogen) atoms. The Morgan fingerprint density at radius 1 is 1.20 bits per heavy atom. The van der Waals surface area contributed by atoms with Gasteiger partial charge in [0.2, 0.25) is 0 Å². The second kappa shape index (κ2) is 11.9. The van der Waals surface area contributed by atoms with Gasteiger partial charge in [0.05, 0.1) is 0 Å². The summed E-state index contributed by atoms with van der Waals surface area (Å²) in [6.07, 6.45) is -1.85. The van der Waals surface area contributed by atoms with Crippen LogP contribution in [0.25, 0.3) is 0 Å². The molecule has 0 bridgehead atoms. The second-order valence-electron chi connectivity index (χ2n) is 7.97. The number of thiophene rings is 1. The molecule has 1 unspecified atom stereocenters. The van der Waals surface area contributed by atoms with E-state index in [1.54, 1.807) is 7.05 Å². The van der Waals surface area contributed by atoms with Gasteiger partial charge in [-0.2, -0.15) is 13.2 Å². The van der Waals surface area contributed by atoms with Crippen LogP contribution >= 0.6 is 35.3 Å². The number of likely N-dealkylation sites (tertiary alicyclic amines) is 1. The summed E-state index contributed by atoms with van der Waals surface area (Å²) in [6.45, 7) is 7.32. The Bertz CT molecular complexity index is 639. The Labute approximate surface area is 198 Å². The van der Waals surface area contributed by atoms with Gasteiger partial charge in [-0.25, -0.2) is 0 Å². The number of hydrogen-bond acceptors (Lipinski definition) is 4. The molecule has 10 heteroatoms. The van der Waals surface area contributed by atoms with Gasteiger partial charge in [0.1, 0.15) is 6.04 Å².